The van der Waals surface area contributed by atoms with E-state index in [-0.39, 0.29) is 23.7 Å². The van der Waals surface area contributed by atoms with Gasteiger partial charge in [-0.3, -0.25) is 0 Å². The Kier molecular flexibility index (Phi) is 3.25. The van der Waals surface area contributed by atoms with Crippen LogP contribution in [-0.4, -0.2) is 27.8 Å². The predicted octanol–water partition coefficient (Wildman–Crippen LogP) is 0.953. The van der Waals surface area contributed by atoms with E-state index in [1.165, 1.54) is 17.7 Å². The van der Waals surface area contributed by atoms with Crippen molar-refractivity contribution < 1.29 is 22.3 Å². The van der Waals surface area contributed by atoms with Crippen LogP contribution in [0.2, 0.25) is 0 Å². The van der Waals surface area contributed by atoms with E-state index < -0.39 is 22.0 Å². The molecular weight excluding hydrogens is 269 g/mol. The molecule has 96 valence electrons. The molecule has 0 amide bonds. The van der Waals surface area contributed by atoms with Crippen molar-refractivity contribution in [3.8, 4) is 0 Å². The SMILES string of the molecule is CC(F)C1(c2cscc2S(N)(=O)=O)OCCO1. The Morgan fingerprint density at radius 3 is 2.53 bits per heavy atom. The first-order valence-electron chi connectivity index (χ1n) is 4.89. The normalized spacial score (nSPS) is 21.6. The second-order valence-electron chi connectivity index (χ2n) is 3.68. The van der Waals surface area contributed by atoms with Crippen LogP contribution in [0.5, 0.6) is 0 Å². The number of thiophene rings is 1. The van der Waals surface area contributed by atoms with Crippen LogP contribution in [0.25, 0.3) is 0 Å². The molecule has 2 rings (SSSR count). The molecule has 8 heteroatoms. The van der Waals surface area contributed by atoms with Gasteiger partial charge in [-0.25, -0.2) is 17.9 Å². The van der Waals surface area contributed by atoms with E-state index >= 15 is 0 Å². The number of rotatable bonds is 3. The molecule has 5 nitrogen and oxygen atoms in total. The molecule has 1 aromatic rings. The van der Waals surface area contributed by atoms with Crippen LogP contribution in [0.3, 0.4) is 0 Å². The Morgan fingerprint density at radius 2 is 2.06 bits per heavy atom. The molecule has 17 heavy (non-hydrogen) atoms. The maximum atomic E-state index is 13.7. The summed E-state index contributed by atoms with van der Waals surface area (Å²) < 4.78 is 47.0. The largest absolute Gasteiger partial charge is 0.341 e. The van der Waals surface area contributed by atoms with Gasteiger partial charge in [0.1, 0.15) is 4.90 Å². The lowest BCUT2D eigenvalue weighted by Gasteiger charge is -2.28. The third-order valence-corrected chi connectivity index (χ3v) is 4.39. The zero-order valence-electron chi connectivity index (χ0n) is 9.05. The molecule has 1 aliphatic rings. The molecule has 1 fully saturated rings. The second kappa shape index (κ2) is 4.29. The Balaban J connectivity index is 2.56. The fourth-order valence-corrected chi connectivity index (χ4v) is 3.82. The number of nitrogens with two attached hydrogens (primary N) is 1. The lowest BCUT2D eigenvalue weighted by Crippen LogP contribution is -2.37. The standard InChI is InChI=1S/C9H12FNO4S2/c1-6(10)9(14-2-3-15-9)7-4-16-5-8(7)17(11,12)13/h4-6H,2-3H2,1H3,(H2,11,12,13). The average molecular weight is 281 g/mol. The minimum absolute atomic E-state index is 0.137. The van der Waals surface area contributed by atoms with Crippen molar-refractivity contribution in [2.24, 2.45) is 5.14 Å². The van der Waals surface area contributed by atoms with Gasteiger partial charge in [0.25, 0.3) is 0 Å². The average Bonchev–Trinajstić information content (AvgIpc) is 2.86. The van der Waals surface area contributed by atoms with Crippen LogP contribution in [0, 0.1) is 0 Å². The molecule has 0 saturated carbocycles. The van der Waals surface area contributed by atoms with Crippen molar-refractivity contribution in [3.63, 3.8) is 0 Å². The molecule has 1 saturated heterocycles. The molecule has 1 unspecified atom stereocenters. The number of hydrogen-bond donors (Lipinski definition) is 1. The summed E-state index contributed by atoms with van der Waals surface area (Å²) in [6, 6.07) is 0. The smallest absolute Gasteiger partial charge is 0.239 e. The van der Waals surface area contributed by atoms with Gasteiger partial charge in [-0.1, -0.05) is 0 Å². The van der Waals surface area contributed by atoms with Crippen molar-refractivity contribution in [2.75, 3.05) is 13.2 Å². The van der Waals surface area contributed by atoms with Crippen molar-refractivity contribution in [1.82, 2.24) is 0 Å². The van der Waals surface area contributed by atoms with Crippen LogP contribution in [0.1, 0.15) is 12.5 Å². The molecule has 1 aromatic heterocycles. The van der Waals surface area contributed by atoms with Gasteiger partial charge in [0.2, 0.25) is 15.8 Å². The molecule has 0 aliphatic carbocycles. The molecular formula is C9H12FNO4S2. The first kappa shape index (κ1) is 12.9. The number of halogens is 1. The summed E-state index contributed by atoms with van der Waals surface area (Å²) in [6.45, 7) is 1.69. The van der Waals surface area contributed by atoms with E-state index in [1.807, 2.05) is 0 Å². The van der Waals surface area contributed by atoms with Gasteiger partial charge in [0.05, 0.1) is 13.2 Å². The number of hydrogen-bond acceptors (Lipinski definition) is 5. The quantitative estimate of drug-likeness (QED) is 0.894. The van der Waals surface area contributed by atoms with E-state index in [2.05, 4.69) is 0 Å². The topological polar surface area (TPSA) is 78.6 Å². The van der Waals surface area contributed by atoms with Gasteiger partial charge in [-0.2, -0.15) is 11.3 Å². The van der Waals surface area contributed by atoms with Crippen LogP contribution in [0.4, 0.5) is 4.39 Å². The van der Waals surface area contributed by atoms with E-state index in [9.17, 15) is 12.8 Å². The summed E-state index contributed by atoms with van der Waals surface area (Å²) in [6.07, 6.45) is -1.50. The first-order chi connectivity index (χ1) is 7.88. The maximum Gasteiger partial charge on any atom is 0.239 e. The van der Waals surface area contributed by atoms with Crippen molar-refractivity contribution >= 4 is 21.4 Å². The van der Waals surface area contributed by atoms with Gasteiger partial charge in [-0.15, -0.1) is 0 Å². The fourth-order valence-electron chi connectivity index (χ4n) is 1.79. The van der Waals surface area contributed by atoms with Gasteiger partial charge in [0, 0.05) is 16.3 Å². The van der Waals surface area contributed by atoms with Gasteiger partial charge in [-0.05, 0) is 6.92 Å². The highest BCUT2D eigenvalue weighted by molar-refractivity contribution is 7.89. The predicted molar refractivity (Wildman–Crippen MR) is 59.8 cm³/mol. The molecule has 1 aliphatic heterocycles. The summed E-state index contributed by atoms with van der Waals surface area (Å²) in [7, 11) is -3.92. The zero-order chi connectivity index (χ0) is 12.7. The minimum atomic E-state index is -3.92. The van der Waals surface area contributed by atoms with Crippen LogP contribution >= 0.6 is 11.3 Å². The summed E-state index contributed by atoms with van der Waals surface area (Å²) in [4.78, 5) is -0.145. The third-order valence-electron chi connectivity index (χ3n) is 2.55. The Bertz CT molecular complexity index is 505. The monoisotopic (exact) mass is 281 g/mol. The van der Waals surface area contributed by atoms with Gasteiger partial charge < -0.3 is 9.47 Å². The summed E-state index contributed by atoms with van der Waals surface area (Å²) in [5, 5.41) is 7.91. The highest BCUT2D eigenvalue weighted by Crippen LogP contribution is 2.40. The molecule has 2 heterocycles. The fraction of sp³-hybridized carbons (Fsp3) is 0.556. The molecule has 1 atom stereocenters. The lowest BCUT2D eigenvalue weighted by atomic mass is 10.1. The number of primary sulfonamides is 1. The molecule has 0 aromatic carbocycles. The molecule has 0 spiro atoms. The highest BCUT2D eigenvalue weighted by atomic mass is 32.2. The van der Waals surface area contributed by atoms with Crippen molar-refractivity contribution in [3.05, 3.63) is 16.3 Å². The minimum Gasteiger partial charge on any atom is -0.341 e. The number of ether oxygens (including phenoxy) is 2. The summed E-state index contributed by atoms with van der Waals surface area (Å²) in [5.41, 5.74) is 0.137. The first-order valence-corrected chi connectivity index (χ1v) is 7.38. The maximum absolute atomic E-state index is 13.7. The molecule has 0 bridgehead atoms. The Labute approximate surface area is 102 Å². The molecule has 2 N–H and O–H groups in total. The Morgan fingerprint density at radius 1 is 1.47 bits per heavy atom. The third kappa shape index (κ3) is 2.11. The van der Waals surface area contributed by atoms with Crippen molar-refractivity contribution in [2.45, 2.75) is 23.8 Å². The van der Waals surface area contributed by atoms with Crippen LogP contribution in [0.15, 0.2) is 15.7 Å². The summed E-state index contributed by atoms with van der Waals surface area (Å²) >= 11 is 1.11. The van der Waals surface area contributed by atoms with E-state index in [0.717, 1.165) is 11.3 Å². The second-order valence-corrected chi connectivity index (χ2v) is 5.95. The van der Waals surface area contributed by atoms with Crippen molar-refractivity contribution in [1.29, 1.82) is 0 Å². The number of alkyl halides is 1. The van der Waals surface area contributed by atoms with E-state index in [4.69, 9.17) is 14.6 Å². The summed E-state index contributed by atoms with van der Waals surface area (Å²) in [5.74, 6) is -1.65. The zero-order valence-corrected chi connectivity index (χ0v) is 10.7. The van der Waals surface area contributed by atoms with E-state index in [1.54, 1.807) is 0 Å². The molecule has 0 radical (unpaired) electrons. The highest BCUT2D eigenvalue weighted by Gasteiger charge is 2.47. The van der Waals surface area contributed by atoms with Gasteiger partial charge >= 0.3 is 0 Å². The number of sulfonamides is 1. The van der Waals surface area contributed by atoms with Crippen LogP contribution < -0.4 is 5.14 Å². The van der Waals surface area contributed by atoms with Crippen LogP contribution in [-0.2, 0) is 25.3 Å². The lowest BCUT2D eigenvalue weighted by molar-refractivity contribution is -0.206. The van der Waals surface area contributed by atoms with Gasteiger partial charge in [0.15, 0.2) is 6.17 Å². The van der Waals surface area contributed by atoms with E-state index in [0.29, 0.717) is 0 Å². The Hall–Kier alpha value is -0.540.